The Bertz CT molecular complexity index is 229. The standard InChI is InChI=1S/C8H10BrNS/c1-4-5-10-6(2)7(3)11-8(10)9/h1,8H,5H2,2-3H3. The van der Waals surface area contributed by atoms with Crippen molar-refractivity contribution in [3.63, 3.8) is 0 Å². The summed E-state index contributed by atoms with van der Waals surface area (Å²) in [5.41, 5.74) is 1.29. The van der Waals surface area contributed by atoms with Crippen molar-refractivity contribution in [1.29, 1.82) is 0 Å². The Kier molecular flexibility index (Phi) is 2.91. The molecular formula is C8H10BrNS. The summed E-state index contributed by atoms with van der Waals surface area (Å²) in [5.74, 6) is 2.64. The van der Waals surface area contributed by atoms with Gasteiger partial charge in [0.25, 0.3) is 0 Å². The largest absolute Gasteiger partial charge is 0.342 e. The van der Waals surface area contributed by atoms with Crippen LogP contribution in [0.5, 0.6) is 0 Å². The van der Waals surface area contributed by atoms with Gasteiger partial charge in [-0.2, -0.15) is 0 Å². The summed E-state index contributed by atoms with van der Waals surface area (Å²) in [5, 5.41) is 0. The quantitative estimate of drug-likeness (QED) is 0.388. The van der Waals surface area contributed by atoms with Crippen LogP contribution in [-0.2, 0) is 0 Å². The van der Waals surface area contributed by atoms with Crippen molar-refractivity contribution in [2.24, 2.45) is 0 Å². The lowest BCUT2D eigenvalue weighted by molar-refractivity contribution is 0.444. The highest BCUT2D eigenvalue weighted by Gasteiger charge is 2.24. The summed E-state index contributed by atoms with van der Waals surface area (Å²) in [6.45, 7) is 4.90. The highest BCUT2D eigenvalue weighted by atomic mass is 79.9. The van der Waals surface area contributed by atoms with Crippen LogP contribution in [0.2, 0.25) is 0 Å². The number of allylic oxidation sites excluding steroid dienone is 2. The van der Waals surface area contributed by atoms with Gasteiger partial charge in [-0.05, 0) is 13.8 Å². The molecular weight excluding hydrogens is 222 g/mol. The fourth-order valence-electron chi connectivity index (χ4n) is 0.938. The first-order chi connectivity index (χ1) is 5.16. The van der Waals surface area contributed by atoms with Gasteiger partial charge in [0.15, 0.2) is 0 Å². The molecule has 3 heteroatoms. The first-order valence-electron chi connectivity index (χ1n) is 3.35. The van der Waals surface area contributed by atoms with Crippen molar-refractivity contribution in [3.05, 3.63) is 10.6 Å². The molecule has 0 saturated carbocycles. The van der Waals surface area contributed by atoms with Crippen LogP contribution in [0.25, 0.3) is 0 Å². The summed E-state index contributed by atoms with van der Waals surface area (Å²) in [6.07, 6.45) is 5.23. The summed E-state index contributed by atoms with van der Waals surface area (Å²) >= 11 is 5.34. The zero-order chi connectivity index (χ0) is 8.43. The van der Waals surface area contributed by atoms with Gasteiger partial charge in [0.1, 0.15) is 4.28 Å². The average Bonchev–Trinajstić information content (AvgIpc) is 2.17. The smallest absolute Gasteiger partial charge is 0.136 e. The molecule has 1 unspecified atom stereocenters. The van der Waals surface area contributed by atoms with Crippen molar-refractivity contribution < 1.29 is 0 Å². The maximum atomic E-state index is 5.23. The van der Waals surface area contributed by atoms with Crippen LogP contribution in [0, 0.1) is 12.3 Å². The molecule has 0 aliphatic carbocycles. The van der Waals surface area contributed by atoms with E-state index in [9.17, 15) is 0 Å². The third kappa shape index (κ3) is 1.74. The topological polar surface area (TPSA) is 3.24 Å². The Morgan fingerprint density at radius 1 is 1.73 bits per heavy atom. The highest BCUT2D eigenvalue weighted by molar-refractivity contribution is 9.11. The third-order valence-electron chi connectivity index (χ3n) is 1.72. The minimum atomic E-state index is 0.332. The molecule has 0 bridgehead atoms. The molecule has 1 heterocycles. The van der Waals surface area contributed by atoms with Crippen LogP contribution in [-0.4, -0.2) is 15.7 Å². The minimum absolute atomic E-state index is 0.332. The number of halogens is 1. The number of rotatable bonds is 1. The van der Waals surface area contributed by atoms with E-state index in [-0.39, 0.29) is 0 Å². The third-order valence-corrected chi connectivity index (χ3v) is 3.87. The average molecular weight is 232 g/mol. The molecule has 0 aromatic rings. The predicted octanol–water partition coefficient (Wildman–Crippen LogP) is 2.60. The molecule has 0 aromatic heterocycles. The number of hydrogen-bond donors (Lipinski definition) is 0. The Balaban J connectivity index is 2.73. The number of hydrogen-bond acceptors (Lipinski definition) is 2. The van der Waals surface area contributed by atoms with E-state index in [1.807, 2.05) is 0 Å². The van der Waals surface area contributed by atoms with E-state index >= 15 is 0 Å². The number of terminal acetylenes is 1. The molecule has 0 N–H and O–H groups in total. The number of alkyl halides is 1. The second kappa shape index (κ2) is 3.55. The van der Waals surface area contributed by atoms with E-state index in [1.165, 1.54) is 10.6 Å². The van der Waals surface area contributed by atoms with Gasteiger partial charge in [0.2, 0.25) is 0 Å². The Morgan fingerprint density at radius 3 is 2.73 bits per heavy atom. The molecule has 1 aliphatic heterocycles. The number of thioether (sulfide) groups is 1. The van der Waals surface area contributed by atoms with Crippen molar-refractivity contribution in [2.75, 3.05) is 6.54 Å². The Hall–Kier alpha value is -0.0700. The first-order valence-corrected chi connectivity index (χ1v) is 5.14. The van der Waals surface area contributed by atoms with E-state index in [0.29, 0.717) is 10.8 Å². The van der Waals surface area contributed by atoms with Gasteiger partial charge in [-0.3, -0.25) is 0 Å². The zero-order valence-electron chi connectivity index (χ0n) is 6.60. The second-order valence-electron chi connectivity index (χ2n) is 2.38. The van der Waals surface area contributed by atoms with Gasteiger partial charge in [0.05, 0.1) is 6.54 Å². The van der Waals surface area contributed by atoms with E-state index in [1.54, 1.807) is 11.8 Å². The molecule has 0 aromatic carbocycles. The lowest BCUT2D eigenvalue weighted by Crippen LogP contribution is -2.23. The van der Waals surface area contributed by atoms with Crippen LogP contribution in [0.1, 0.15) is 13.8 Å². The van der Waals surface area contributed by atoms with E-state index < -0.39 is 0 Å². The van der Waals surface area contributed by atoms with Gasteiger partial charge >= 0.3 is 0 Å². The van der Waals surface area contributed by atoms with E-state index in [0.717, 1.165) is 0 Å². The van der Waals surface area contributed by atoms with Crippen molar-refractivity contribution in [2.45, 2.75) is 18.1 Å². The van der Waals surface area contributed by atoms with E-state index in [4.69, 9.17) is 6.42 Å². The molecule has 11 heavy (non-hydrogen) atoms. The van der Waals surface area contributed by atoms with Gasteiger partial charge in [0, 0.05) is 10.6 Å². The maximum absolute atomic E-state index is 5.23. The van der Waals surface area contributed by atoms with E-state index in [2.05, 4.69) is 40.6 Å². The Morgan fingerprint density at radius 2 is 2.36 bits per heavy atom. The second-order valence-corrected chi connectivity index (χ2v) is 5.15. The molecule has 1 aliphatic rings. The molecule has 1 nitrogen and oxygen atoms in total. The van der Waals surface area contributed by atoms with Crippen molar-refractivity contribution in [3.8, 4) is 12.3 Å². The number of nitrogens with zero attached hydrogens (tertiary/aromatic N) is 1. The Labute approximate surface area is 80.3 Å². The van der Waals surface area contributed by atoms with Gasteiger partial charge in [-0.25, -0.2) is 0 Å². The molecule has 0 radical (unpaired) electrons. The normalized spacial score (nSPS) is 24.2. The lowest BCUT2D eigenvalue weighted by Gasteiger charge is -2.20. The van der Waals surface area contributed by atoms with Crippen molar-refractivity contribution in [1.82, 2.24) is 4.90 Å². The van der Waals surface area contributed by atoms with Crippen LogP contribution < -0.4 is 0 Å². The SMILES string of the molecule is C#CCN1C(C)=C(C)SC1Br. The monoisotopic (exact) mass is 231 g/mol. The highest BCUT2D eigenvalue weighted by Crippen LogP contribution is 2.39. The zero-order valence-corrected chi connectivity index (χ0v) is 9.00. The van der Waals surface area contributed by atoms with Gasteiger partial charge < -0.3 is 4.90 Å². The summed E-state index contributed by atoms with van der Waals surface area (Å²) in [6, 6.07) is 0. The molecule has 1 rings (SSSR count). The van der Waals surface area contributed by atoms with Crippen molar-refractivity contribution >= 4 is 27.7 Å². The summed E-state index contributed by atoms with van der Waals surface area (Å²) < 4.78 is 0.332. The molecule has 1 atom stereocenters. The predicted molar refractivity (Wildman–Crippen MR) is 54.2 cm³/mol. The van der Waals surface area contributed by atoms with Crippen LogP contribution >= 0.6 is 27.7 Å². The first kappa shape index (κ1) is 9.02. The minimum Gasteiger partial charge on any atom is -0.342 e. The van der Waals surface area contributed by atoms with Crippen LogP contribution in [0.15, 0.2) is 10.6 Å². The molecule has 0 fully saturated rings. The molecule has 60 valence electrons. The summed E-state index contributed by atoms with van der Waals surface area (Å²) in [4.78, 5) is 3.52. The maximum Gasteiger partial charge on any atom is 0.136 e. The molecule has 0 saturated heterocycles. The molecule has 0 amide bonds. The lowest BCUT2D eigenvalue weighted by atomic mass is 10.4. The van der Waals surface area contributed by atoms with Gasteiger partial charge in [-0.1, -0.05) is 33.6 Å². The van der Waals surface area contributed by atoms with Crippen LogP contribution in [0.3, 0.4) is 0 Å². The molecule has 0 spiro atoms. The fourth-order valence-corrected chi connectivity index (χ4v) is 3.17. The summed E-state index contributed by atoms with van der Waals surface area (Å²) in [7, 11) is 0. The van der Waals surface area contributed by atoms with Crippen LogP contribution in [0.4, 0.5) is 0 Å². The van der Waals surface area contributed by atoms with Gasteiger partial charge in [-0.15, -0.1) is 6.42 Å². The fraction of sp³-hybridized carbons (Fsp3) is 0.500.